The monoisotopic (exact) mass is 378 g/mol. The van der Waals surface area contributed by atoms with Crippen LogP contribution < -0.4 is 10.6 Å². The number of rotatable bonds is 4. The topological polar surface area (TPSA) is 49.8 Å². The van der Waals surface area contributed by atoms with Crippen molar-refractivity contribution in [3.05, 3.63) is 83.1 Å². The van der Waals surface area contributed by atoms with E-state index in [0.717, 1.165) is 16.6 Å². The van der Waals surface area contributed by atoms with Gasteiger partial charge in [0.15, 0.2) is 0 Å². The maximum absolute atomic E-state index is 13.4. The summed E-state index contributed by atoms with van der Waals surface area (Å²) in [5.41, 5.74) is 3.51. The average molecular weight is 379 g/mol. The van der Waals surface area contributed by atoms with Gasteiger partial charge in [0, 0.05) is 16.8 Å². The number of anilines is 4. The normalized spacial score (nSPS) is 10.8. The van der Waals surface area contributed by atoms with Crippen molar-refractivity contribution in [1.82, 2.24) is 9.97 Å². The largest absolute Gasteiger partial charge is 0.340 e. The minimum Gasteiger partial charge on any atom is -0.340 e. The van der Waals surface area contributed by atoms with Crippen molar-refractivity contribution in [1.29, 1.82) is 0 Å². The van der Waals surface area contributed by atoms with Gasteiger partial charge in [-0.1, -0.05) is 41.4 Å². The lowest BCUT2D eigenvalue weighted by molar-refractivity contribution is 0.628. The molecule has 0 fully saturated rings. The summed E-state index contributed by atoms with van der Waals surface area (Å²) in [6, 6.07) is 20.2. The molecule has 4 rings (SSSR count). The highest BCUT2D eigenvalue weighted by Gasteiger charge is 2.09. The van der Waals surface area contributed by atoms with Crippen molar-refractivity contribution >= 4 is 45.6 Å². The number of fused-ring (bicyclic) bond motifs is 1. The molecule has 0 spiro atoms. The second-order valence-corrected chi connectivity index (χ2v) is 6.57. The van der Waals surface area contributed by atoms with E-state index in [-0.39, 0.29) is 5.02 Å². The predicted octanol–water partition coefficient (Wildman–Crippen LogP) is 6.22. The lowest BCUT2D eigenvalue weighted by Gasteiger charge is -2.12. The van der Waals surface area contributed by atoms with Crippen LogP contribution in [-0.4, -0.2) is 9.97 Å². The summed E-state index contributed by atoms with van der Waals surface area (Å²) in [4.78, 5) is 9.14. The van der Waals surface area contributed by atoms with Gasteiger partial charge in [0.05, 0.1) is 10.5 Å². The quantitative estimate of drug-likeness (QED) is 0.442. The summed E-state index contributed by atoms with van der Waals surface area (Å²) in [7, 11) is 0. The van der Waals surface area contributed by atoms with E-state index in [4.69, 9.17) is 11.6 Å². The lowest BCUT2D eigenvalue weighted by atomic mass is 10.2. The van der Waals surface area contributed by atoms with Crippen LogP contribution in [0.3, 0.4) is 0 Å². The maximum atomic E-state index is 13.4. The number of benzene rings is 3. The van der Waals surface area contributed by atoms with Gasteiger partial charge in [-0.25, -0.2) is 9.37 Å². The van der Waals surface area contributed by atoms with E-state index in [0.29, 0.717) is 17.5 Å². The smallest absolute Gasteiger partial charge is 0.229 e. The molecule has 0 aliphatic carbocycles. The molecule has 27 heavy (non-hydrogen) atoms. The summed E-state index contributed by atoms with van der Waals surface area (Å²) in [6.07, 6.45) is 0. The number of nitrogens with one attached hydrogen (secondary N) is 2. The van der Waals surface area contributed by atoms with Crippen molar-refractivity contribution in [3.8, 4) is 0 Å². The number of nitrogens with zero attached hydrogens (tertiary/aromatic N) is 2. The Morgan fingerprint density at radius 2 is 1.59 bits per heavy atom. The fourth-order valence-corrected chi connectivity index (χ4v) is 2.88. The number of hydrogen-bond acceptors (Lipinski definition) is 4. The second kappa shape index (κ2) is 7.21. The molecule has 6 heteroatoms. The van der Waals surface area contributed by atoms with E-state index in [2.05, 4.69) is 20.6 Å². The van der Waals surface area contributed by atoms with Crippen molar-refractivity contribution in [3.63, 3.8) is 0 Å². The van der Waals surface area contributed by atoms with Gasteiger partial charge in [-0.2, -0.15) is 4.98 Å². The highest BCUT2D eigenvalue weighted by Crippen LogP contribution is 2.27. The van der Waals surface area contributed by atoms with E-state index in [1.165, 1.54) is 17.7 Å². The van der Waals surface area contributed by atoms with Crippen LogP contribution in [0.1, 0.15) is 5.56 Å². The first kappa shape index (κ1) is 17.2. The van der Waals surface area contributed by atoms with Gasteiger partial charge < -0.3 is 10.6 Å². The molecule has 1 aromatic heterocycles. The SMILES string of the molecule is Cc1ccc(Nc2nc(Nc3ccc(F)c(Cl)c3)nc3ccccc23)cc1. The average Bonchev–Trinajstić information content (AvgIpc) is 2.67. The van der Waals surface area contributed by atoms with Crippen LogP contribution in [0.25, 0.3) is 10.9 Å². The third kappa shape index (κ3) is 3.83. The molecule has 3 aromatic carbocycles. The molecule has 0 amide bonds. The molecule has 0 aliphatic rings. The summed E-state index contributed by atoms with van der Waals surface area (Å²) < 4.78 is 13.4. The van der Waals surface area contributed by atoms with Crippen LogP contribution >= 0.6 is 11.6 Å². The summed E-state index contributed by atoms with van der Waals surface area (Å²) >= 11 is 5.86. The molecule has 0 saturated carbocycles. The first-order valence-electron chi connectivity index (χ1n) is 8.41. The Bertz CT molecular complexity index is 1110. The fraction of sp³-hybridized carbons (Fsp3) is 0.0476. The molecule has 0 radical (unpaired) electrons. The zero-order valence-electron chi connectivity index (χ0n) is 14.5. The summed E-state index contributed by atoms with van der Waals surface area (Å²) in [5.74, 6) is 0.606. The molecule has 1 heterocycles. The van der Waals surface area contributed by atoms with Crippen molar-refractivity contribution in [2.75, 3.05) is 10.6 Å². The summed E-state index contributed by atoms with van der Waals surface area (Å²) in [6.45, 7) is 2.04. The Labute approximate surface area is 161 Å². The molecule has 0 saturated heterocycles. The third-order valence-electron chi connectivity index (χ3n) is 4.09. The number of aromatic nitrogens is 2. The molecular weight excluding hydrogens is 363 g/mol. The Morgan fingerprint density at radius 3 is 2.37 bits per heavy atom. The van der Waals surface area contributed by atoms with Crippen LogP contribution in [0.2, 0.25) is 5.02 Å². The number of halogens is 2. The first-order valence-corrected chi connectivity index (χ1v) is 8.79. The third-order valence-corrected chi connectivity index (χ3v) is 4.38. The Balaban J connectivity index is 1.73. The Kier molecular flexibility index (Phi) is 4.60. The molecule has 0 atom stereocenters. The van der Waals surface area contributed by atoms with Crippen LogP contribution in [0, 0.1) is 12.7 Å². The van der Waals surface area contributed by atoms with Gasteiger partial charge in [0.1, 0.15) is 11.6 Å². The van der Waals surface area contributed by atoms with Gasteiger partial charge >= 0.3 is 0 Å². The Morgan fingerprint density at radius 1 is 0.852 bits per heavy atom. The van der Waals surface area contributed by atoms with E-state index >= 15 is 0 Å². The highest BCUT2D eigenvalue weighted by atomic mass is 35.5. The first-order chi connectivity index (χ1) is 13.1. The van der Waals surface area contributed by atoms with Crippen LogP contribution in [0.15, 0.2) is 66.7 Å². The van der Waals surface area contributed by atoms with E-state index < -0.39 is 5.82 Å². The number of para-hydroxylation sites is 1. The number of hydrogen-bond donors (Lipinski definition) is 2. The molecule has 2 N–H and O–H groups in total. The zero-order chi connectivity index (χ0) is 18.8. The minimum absolute atomic E-state index is 0.0405. The zero-order valence-corrected chi connectivity index (χ0v) is 15.3. The minimum atomic E-state index is -0.469. The molecule has 0 unspecified atom stereocenters. The van der Waals surface area contributed by atoms with Crippen molar-refractivity contribution in [2.24, 2.45) is 0 Å². The van der Waals surface area contributed by atoms with Gasteiger partial charge in [0.2, 0.25) is 5.95 Å². The number of aryl methyl sites for hydroxylation is 1. The van der Waals surface area contributed by atoms with Gasteiger partial charge in [-0.15, -0.1) is 0 Å². The Hall–Kier alpha value is -3.18. The van der Waals surface area contributed by atoms with E-state index in [1.807, 2.05) is 55.5 Å². The molecule has 4 nitrogen and oxygen atoms in total. The molecule has 0 aliphatic heterocycles. The van der Waals surface area contributed by atoms with Crippen molar-refractivity contribution < 1.29 is 4.39 Å². The standard InChI is InChI=1S/C21H16ClFN4/c1-13-6-8-14(9-7-13)24-20-16-4-2-3-5-19(16)26-21(27-20)25-15-10-11-18(23)17(22)12-15/h2-12H,1H3,(H2,24,25,26,27). The van der Waals surface area contributed by atoms with Crippen LogP contribution in [-0.2, 0) is 0 Å². The van der Waals surface area contributed by atoms with Crippen LogP contribution in [0.5, 0.6) is 0 Å². The van der Waals surface area contributed by atoms with Gasteiger partial charge in [0.25, 0.3) is 0 Å². The predicted molar refractivity (Wildman–Crippen MR) is 109 cm³/mol. The molecule has 0 bridgehead atoms. The van der Waals surface area contributed by atoms with Gasteiger partial charge in [-0.3, -0.25) is 0 Å². The highest BCUT2D eigenvalue weighted by molar-refractivity contribution is 6.31. The molecule has 4 aromatic rings. The van der Waals surface area contributed by atoms with Crippen molar-refractivity contribution in [2.45, 2.75) is 6.92 Å². The van der Waals surface area contributed by atoms with E-state index in [1.54, 1.807) is 6.07 Å². The molecular formula is C21H16ClFN4. The van der Waals surface area contributed by atoms with E-state index in [9.17, 15) is 4.39 Å². The molecule has 134 valence electrons. The fourth-order valence-electron chi connectivity index (χ4n) is 2.70. The maximum Gasteiger partial charge on any atom is 0.229 e. The lowest BCUT2D eigenvalue weighted by Crippen LogP contribution is -2.02. The summed E-state index contributed by atoms with van der Waals surface area (Å²) in [5, 5.41) is 7.37. The van der Waals surface area contributed by atoms with Crippen LogP contribution in [0.4, 0.5) is 27.5 Å². The van der Waals surface area contributed by atoms with Gasteiger partial charge in [-0.05, 0) is 49.4 Å². The second-order valence-electron chi connectivity index (χ2n) is 6.16.